The fraction of sp³-hybridized carbons (Fsp3) is 0.647. The molecular weight excluding hydrogens is 461 g/mol. The lowest BCUT2D eigenvalue weighted by atomic mass is 9.96. The minimum Gasteiger partial charge on any atom is -0.354 e. The molecule has 2 aromatic rings. The smallest absolute Gasteiger partial charge is 0.192 e. The number of nitrogens with zero attached hydrogens (tertiary/aromatic N) is 5. The highest BCUT2D eigenvalue weighted by Crippen LogP contribution is 2.17. The summed E-state index contributed by atoms with van der Waals surface area (Å²) in [5.74, 6) is 2.60. The van der Waals surface area contributed by atoms with Crippen LogP contribution in [0.3, 0.4) is 0 Å². The van der Waals surface area contributed by atoms with Crippen LogP contribution in [0.1, 0.15) is 54.5 Å². The molecule has 1 aliphatic carbocycles. The van der Waals surface area contributed by atoms with Crippen molar-refractivity contribution in [3.05, 3.63) is 27.7 Å². The zero-order valence-electron chi connectivity index (χ0n) is 15.7. The van der Waals surface area contributed by atoms with Gasteiger partial charge in [-0.15, -0.1) is 45.5 Å². The summed E-state index contributed by atoms with van der Waals surface area (Å²) in [6, 6.07) is 0.499. The maximum Gasteiger partial charge on any atom is 0.192 e. The summed E-state index contributed by atoms with van der Waals surface area (Å²) in [5, 5.41) is 18.5. The van der Waals surface area contributed by atoms with E-state index in [1.54, 1.807) is 11.3 Å². The first-order valence-corrected chi connectivity index (χ1v) is 9.80. The summed E-state index contributed by atoms with van der Waals surface area (Å²) in [4.78, 5) is 9.24. The Bertz CT molecular complexity index is 719. The highest BCUT2D eigenvalue weighted by molar-refractivity contribution is 14.0. The van der Waals surface area contributed by atoms with Gasteiger partial charge in [0.1, 0.15) is 17.4 Å². The van der Waals surface area contributed by atoms with Gasteiger partial charge in [0.25, 0.3) is 0 Å². The van der Waals surface area contributed by atoms with Crippen molar-refractivity contribution in [2.75, 3.05) is 0 Å². The minimum atomic E-state index is 0. The Morgan fingerprint density at radius 2 is 2.04 bits per heavy atom. The van der Waals surface area contributed by atoms with E-state index in [1.165, 1.54) is 32.1 Å². The topological polar surface area (TPSA) is 80.0 Å². The largest absolute Gasteiger partial charge is 0.354 e. The maximum atomic E-state index is 4.73. The first-order chi connectivity index (χ1) is 12.1. The number of aromatic nitrogens is 4. The lowest BCUT2D eigenvalue weighted by Crippen LogP contribution is -2.44. The van der Waals surface area contributed by atoms with Crippen molar-refractivity contribution in [2.24, 2.45) is 12.0 Å². The monoisotopic (exact) mass is 489 g/mol. The molecule has 0 unspecified atom stereocenters. The highest BCUT2D eigenvalue weighted by Gasteiger charge is 2.15. The number of guanidine groups is 1. The second-order valence-corrected chi connectivity index (χ2v) is 7.55. The molecule has 144 valence electrons. The summed E-state index contributed by atoms with van der Waals surface area (Å²) in [6.07, 6.45) is 6.34. The van der Waals surface area contributed by atoms with Gasteiger partial charge in [0.05, 0.1) is 6.54 Å². The van der Waals surface area contributed by atoms with Gasteiger partial charge in [-0.1, -0.05) is 19.3 Å². The molecular formula is C17H28IN7S. The van der Waals surface area contributed by atoms with Gasteiger partial charge in [-0.05, 0) is 26.7 Å². The van der Waals surface area contributed by atoms with Crippen molar-refractivity contribution in [3.63, 3.8) is 0 Å². The predicted octanol–water partition coefficient (Wildman–Crippen LogP) is 3.07. The van der Waals surface area contributed by atoms with E-state index in [2.05, 4.69) is 31.2 Å². The van der Waals surface area contributed by atoms with Gasteiger partial charge in [0, 0.05) is 24.2 Å². The van der Waals surface area contributed by atoms with Crippen molar-refractivity contribution in [1.29, 1.82) is 0 Å². The number of thiazole rings is 1. The second-order valence-electron chi connectivity index (χ2n) is 6.60. The van der Waals surface area contributed by atoms with Crippen LogP contribution in [0.2, 0.25) is 0 Å². The Morgan fingerprint density at radius 1 is 1.27 bits per heavy atom. The van der Waals surface area contributed by atoms with E-state index in [-0.39, 0.29) is 24.0 Å². The molecule has 9 heteroatoms. The number of halogens is 1. The van der Waals surface area contributed by atoms with Crippen LogP contribution in [-0.4, -0.2) is 31.7 Å². The molecule has 2 aromatic heterocycles. The number of rotatable bonds is 5. The molecule has 0 spiro atoms. The first kappa shape index (κ1) is 21.1. The number of aliphatic imine (C=N–C) groups is 1. The van der Waals surface area contributed by atoms with E-state index in [9.17, 15) is 0 Å². The van der Waals surface area contributed by atoms with Crippen LogP contribution in [-0.2, 0) is 20.1 Å². The number of hydrogen-bond acceptors (Lipinski definition) is 5. The molecule has 0 aromatic carbocycles. The highest BCUT2D eigenvalue weighted by atomic mass is 127. The van der Waals surface area contributed by atoms with E-state index >= 15 is 0 Å². The minimum absolute atomic E-state index is 0. The van der Waals surface area contributed by atoms with Crippen molar-refractivity contribution in [2.45, 2.75) is 65.1 Å². The fourth-order valence-corrected chi connectivity index (χ4v) is 3.69. The van der Waals surface area contributed by atoms with E-state index < -0.39 is 0 Å². The molecule has 2 heterocycles. The summed E-state index contributed by atoms with van der Waals surface area (Å²) in [6.45, 7) is 5.17. The Balaban J connectivity index is 0.00000243. The third-order valence-corrected chi connectivity index (χ3v) is 5.55. The van der Waals surface area contributed by atoms with Crippen LogP contribution >= 0.6 is 35.3 Å². The molecule has 0 radical (unpaired) electrons. The fourth-order valence-electron chi connectivity index (χ4n) is 2.97. The van der Waals surface area contributed by atoms with Crippen LogP contribution in [0.5, 0.6) is 0 Å². The Kier molecular flexibility index (Phi) is 8.26. The molecule has 0 saturated heterocycles. The quantitative estimate of drug-likeness (QED) is 0.384. The van der Waals surface area contributed by atoms with Gasteiger partial charge >= 0.3 is 0 Å². The summed E-state index contributed by atoms with van der Waals surface area (Å²) < 4.78 is 1.98. The molecule has 1 fully saturated rings. The first-order valence-electron chi connectivity index (χ1n) is 8.92. The van der Waals surface area contributed by atoms with Gasteiger partial charge in [0.15, 0.2) is 11.8 Å². The van der Waals surface area contributed by atoms with Crippen molar-refractivity contribution >= 4 is 41.3 Å². The average Bonchev–Trinajstić information content (AvgIpc) is 3.18. The zero-order chi connectivity index (χ0) is 17.6. The van der Waals surface area contributed by atoms with E-state index in [4.69, 9.17) is 4.99 Å². The molecule has 1 aliphatic rings. The lowest BCUT2D eigenvalue weighted by molar-refractivity contribution is 0.409. The van der Waals surface area contributed by atoms with Crippen LogP contribution in [0.4, 0.5) is 0 Å². The van der Waals surface area contributed by atoms with Gasteiger partial charge in [0.2, 0.25) is 0 Å². The SMILES string of the molecule is Cc1csc(CNC(=NCc2nnc(C)n2C)NC2CCCCC2)n1.I. The van der Waals surface area contributed by atoms with Crippen molar-refractivity contribution in [1.82, 2.24) is 30.4 Å². The zero-order valence-corrected chi connectivity index (χ0v) is 18.8. The van der Waals surface area contributed by atoms with E-state index in [0.29, 0.717) is 19.1 Å². The Morgan fingerprint density at radius 3 is 2.65 bits per heavy atom. The molecule has 26 heavy (non-hydrogen) atoms. The molecule has 2 N–H and O–H groups in total. The molecule has 1 saturated carbocycles. The molecule has 0 bridgehead atoms. The standard InChI is InChI=1S/C17H27N7S.HI/c1-12-11-25-16(20-12)10-19-17(21-14-7-5-4-6-8-14)18-9-15-23-22-13(2)24(15)3;/h11,14H,4-10H2,1-3H3,(H2,18,19,21);1H. The number of hydrogen-bond donors (Lipinski definition) is 2. The van der Waals surface area contributed by atoms with Crippen LogP contribution < -0.4 is 10.6 Å². The molecule has 0 amide bonds. The van der Waals surface area contributed by atoms with Gasteiger partial charge < -0.3 is 15.2 Å². The Hall–Kier alpha value is -1.23. The number of nitrogens with one attached hydrogen (secondary N) is 2. The predicted molar refractivity (Wildman–Crippen MR) is 116 cm³/mol. The molecule has 0 aliphatic heterocycles. The maximum absolute atomic E-state index is 4.73. The third-order valence-electron chi connectivity index (χ3n) is 4.58. The average molecular weight is 489 g/mol. The van der Waals surface area contributed by atoms with Crippen molar-refractivity contribution < 1.29 is 0 Å². The van der Waals surface area contributed by atoms with E-state index in [1.807, 2.05) is 25.5 Å². The molecule has 0 atom stereocenters. The Labute approximate surface area is 176 Å². The summed E-state index contributed by atoms with van der Waals surface area (Å²) in [7, 11) is 1.97. The summed E-state index contributed by atoms with van der Waals surface area (Å²) >= 11 is 1.68. The summed E-state index contributed by atoms with van der Waals surface area (Å²) in [5.41, 5.74) is 1.06. The number of aryl methyl sites for hydroxylation is 2. The van der Waals surface area contributed by atoms with Gasteiger partial charge in [-0.25, -0.2) is 9.98 Å². The lowest BCUT2D eigenvalue weighted by Gasteiger charge is -2.25. The van der Waals surface area contributed by atoms with Gasteiger partial charge in [-0.2, -0.15) is 0 Å². The normalized spacial score (nSPS) is 15.6. The van der Waals surface area contributed by atoms with E-state index in [0.717, 1.165) is 28.3 Å². The second kappa shape index (κ2) is 10.2. The van der Waals surface area contributed by atoms with Crippen LogP contribution in [0.25, 0.3) is 0 Å². The third kappa shape index (κ3) is 5.90. The van der Waals surface area contributed by atoms with Crippen molar-refractivity contribution in [3.8, 4) is 0 Å². The van der Waals surface area contributed by atoms with Crippen LogP contribution in [0.15, 0.2) is 10.4 Å². The van der Waals surface area contributed by atoms with Crippen LogP contribution in [0, 0.1) is 13.8 Å². The molecule has 3 rings (SSSR count). The van der Waals surface area contributed by atoms with Gasteiger partial charge in [-0.3, -0.25) is 0 Å². The molecule has 7 nitrogen and oxygen atoms in total.